The van der Waals surface area contributed by atoms with Crippen molar-refractivity contribution < 1.29 is 9.84 Å². The molecule has 2 heterocycles. The van der Waals surface area contributed by atoms with Crippen LogP contribution in [0.3, 0.4) is 0 Å². The number of nitrogens with zero attached hydrogens (tertiary/aromatic N) is 4. The molecular weight excluding hydrogens is 174 g/mol. The van der Waals surface area contributed by atoms with Crippen LogP contribution in [0.25, 0.3) is 0 Å². The molecule has 2 fully saturated rings. The van der Waals surface area contributed by atoms with Crippen molar-refractivity contribution in [3.63, 3.8) is 0 Å². The molecule has 0 unspecified atom stereocenters. The van der Waals surface area contributed by atoms with Gasteiger partial charge in [0.1, 0.15) is 5.53 Å². The lowest BCUT2D eigenvalue weighted by molar-refractivity contribution is -1.26. The zero-order chi connectivity index (χ0) is 9.69. The molecule has 9 N–H and O–H groups in total. The molecule has 0 bridgehead atoms. The summed E-state index contributed by atoms with van der Waals surface area (Å²) in [6, 6.07) is 0. The second-order valence-electron chi connectivity index (χ2n) is 3.48. The third kappa shape index (κ3) is 1.94. The highest BCUT2D eigenvalue weighted by atomic mass is 16.3. The minimum absolute atomic E-state index is 0.469. The Hall–Kier alpha value is -0.360. The van der Waals surface area contributed by atoms with Crippen LogP contribution in [0, 0.1) is 0 Å². The minimum Gasteiger partial charge on any atom is -0.116 e. The third-order valence-corrected chi connectivity index (χ3v) is 2.10. The first-order valence-corrected chi connectivity index (χ1v) is 4.14. The zero-order valence-electron chi connectivity index (χ0n) is 7.43. The van der Waals surface area contributed by atoms with Crippen LogP contribution < -0.4 is 28.9 Å². The van der Waals surface area contributed by atoms with Gasteiger partial charge in [0, 0.05) is 9.84 Å². The summed E-state index contributed by atoms with van der Waals surface area (Å²) in [6.45, 7) is 3.39. The van der Waals surface area contributed by atoms with Crippen LogP contribution in [0.2, 0.25) is 0 Å². The van der Waals surface area contributed by atoms with Crippen LogP contribution in [0.5, 0.6) is 0 Å². The summed E-state index contributed by atoms with van der Waals surface area (Å²) in [5.74, 6) is 22.8. The predicted molar refractivity (Wildman–Crippen MR) is 43.6 cm³/mol. The van der Waals surface area contributed by atoms with Gasteiger partial charge in [0.05, 0.1) is 26.2 Å². The minimum atomic E-state index is -0.469. The first kappa shape index (κ1) is 9.21. The Bertz CT molecular complexity index is 182. The van der Waals surface area contributed by atoms with Gasteiger partial charge in [0.2, 0.25) is 0 Å². The fourth-order valence-corrected chi connectivity index (χ4v) is 1.13. The van der Waals surface area contributed by atoms with Crippen LogP contribution >= 0.6 is 0 Å². The largest absolute Gasteiger partial charge is 0.116 e. The molecule has 2 aliphatic rings. The number of nitrogens with one attached hydrogen (secondary N) is 1. The van der Waals surface area contributed by atoms with E-state index >= 15 is 0 Å². The van der Waals surface area contributed by atoms with E-state index in [1.165, 1.54) is 0 Å². The van der Waals surface area contributed by atoms with Gasteiger partial charge in [0.15, 0.2) is 0 Å². The summed E-state index contributed by atoms with van der Waals surface area (Å²) in [5, 5.41) is 3.55. The maximum absolute atomic E-state index is 5.70. The topological polar surface area (TPSA) is 122 Å². The van der Waals surface area contributed by atoms with Crippen LogP contribution in [-0.4, -0.2) is 46.0 Å². The van der Waals surface area contributed by atoms with Crippen molar-refractivity contribution in [1.82, 2.24) is 15.6 Å². The Balaban J connectivity index is 1.94. The van der Waals surface area contributed by atoms with E-state index in [4.69, 9.17) is 23.4 Å². The summed E-state index contributed by atoms with van der Waals surface area (Å²) in [5.41, 5.74) is 2.69. The standard InChI is InChI=1S/C4H17N9/c5-12(6,10-1-2-10)9-13(7,8)11-3-4-11/h9H,1-8H2/q+2. The molecule has 0 amide bonds. The molecule has 76 valence electrons. The van der Waals surface area contributed by atoms with E-state index in [9.17, 15) is 0 Å². The molecule has 0 aromatic carbocycles. The SMILES string of the molecule is N[N+](N)(N[N+](N)(N)N1CC1)N1CC1. The van der Waals surface area contributed by atoms with Crippen LogP contribution in [-0.2, 0) is 0 Å². The van der Waals surface area contributed by atoms with E-state index in [1.807, 2.05) is 0 Å². The van der Waals surface area contributed by atoms with E-state index in [2.05, 4.69) is 5.53 Å². The fraction of sp³-hybridized carbons (Fsp3) is 1.00. The first-order valence-electron chi connectivity index (χ1n) is 4.14. The molecule has 13 heavy (non-hydrogen) atoms. The Morgan fingerprint density at radius 1 is 0.769 bits per heavy atom. The van der Waals surface area contributed by atoms with E-state index in [0.29, 0.717) is 0 Å². The Morgan fingerprint density at radius 2 is 1.08 bits per heavy atom. The Kier molecular flexibility index (Phi) is 1.82. The lowest BCUT2D eigenvalue weighted by atomic mass is 11.0. The summed E-state index contributed by atoms with van der Waals surface area (Å²) in [6.07, 6.45) is 0. The van der Waals surface area contributed by atoms with Crippen molar-refractivity contribution in [2.75, 3.05) is 26.2 Å². The molecule has 9 heteroatoms. The van der Waals surface area contributed by atoms with Crippen molar-refractivity contribution in [2.45, 2.75) is 0 Å². The highest BCUT2D eigenvalue weighted by Crippen LogP contribution is 2.12. The fourth-order valence-electron chi connectivity index (χ4n) is 1.13. The summed E-state index contributed by atoms with van der Waals surface area (Å²) in [7, 11) is 0. The van der Waals surface area contributed by atoms with Gasteiger partial charge in [-0.2, -0.15) is 0 Å². The molecule has 0 spiro atoms. The van der Waals surface area contributed by atoms with Gasteiger partial charge >= 0.3 is 0 Å². The number of hydrogen-bond acceptors (Lipinski definition) is 7. The van der Waals surface area contributed by atoms with E-state index in [-0.39, 0.29) is 0 Å². The van der Waals surface area contributed by atoms with Crippen LogP contribution in [0.1, 0.15) is 0 Å². The van der Waals surface area contributed by atoms with Crippen LogP contribution in [0.15, 0.2) is 0 Å². The van der Waals surface area contributed by atoms with Gasteiger partial charge in [-0.3, -0.25) is 0 Å². The lowest BCUT2D eigenvalue weighted by Gasteiger charge is -2.32. The number of hydrogen-bond donors (Lipinski definition) is 5. The van der Waals surface area contributed by atoms with Gasteiger partial charge in [-0.05, 0) is 0 Å². The third-order valence-electron chi connectivity index (χ3n) is 2.10. The van der Waals surface area contributed by atoms with Crippen molar-refractivity contribution in [2.24, 2.45) is 23.4 Å². The van der Waals surface area contributed by atoms with E-state index in [0.717, 1.165) is 26.2 Å². The molecule has 0 aromatic rings. The molecule has 0 saturated carbocycles. The Morgan fingerprint density at radius 3 is 1.31 bits per heavy atom. The normalized spacial score (nSPS) is 24.9. The van der Waals surface area contributed by atoms with Crippen molar-refractivity contribution in [1.29, 1.82) is 0 Å². The average molecular weight is 191 g/mol. The molecule has 2 aliphatic heterocycles. The molecule has 2 saturated heterocycles. The van der Waals surface area contributed by atoms with Gasteiger partial charge < -0.3 is 0 Å². The molecule has 0 radical (unpaired) electrons. The smallest absolute Gasteiger partial charge is 0.109 e. The van der Waals surface area contributed by atoms with Gasteiger partial charge in [-0.25, -0.2) is 0 Å². The van der Waals surface area contributed by atoms with Gasteiger partial charge in [-0.15, -0.1) is 23.4 Å². The number of rotatable bonds is 4. The summed E-state index contributed by atoms with van der Waals surface area (Å²) >= 11 is 0. The van der Waals surface area contributed by atoms with Crippen molar-refractivity contribution in [3.8, 4) is 0 Å². The lowest BCUT2D eigenvalue weighted by Crippen LogP contribution is -2.86. The number of quaternary nitrogens is 2. The van der Waals surface area contributed by atoms with E-state index < -0.39 is 9.84 Å². The number of nitrogens with two attached hydrogens (primary N) is 4. The maximum Gasteiger partial charge on any atom is 0.109 e. The Labute approximate surface area is 76.0 Å². The predicted octanol–water partition coefficient (Wildman–Crippen LogP) is -4.00. The maximum atomic E-state index is 5.70. The quantitative estimate of drug-likeness (QED) is 0.133. The molecule has 0 atom stereocenters. The van der Waals surface area contributed by atoms with Gasteiger partial charge in [-0.1, -0.05) is 10.0 Å². The monoisotopic (exact) mass is 191 g/mol. The van der Waals surface area contributed by atoms with Crippen LogP contribution in [0.4, 0.5) is 0 Å². The summed E-state index contributed by atoms with van der Waals surface area (Å²) < 4.78 is 0. The molecule has 0 aromatic heterocycles. The summed E-state index contributed by atoms with van der Waals surface area (Å²) in [4.78, 5) is -0.938. The zero-order valence-corrected chi connectivity index (χ0v) is 7.43. The highest BCUT2D eigenvalue weighted by Gasteiger charge is 2.50. The molecule has 9 nitrogen and oxygen atoms in total. The molecular formula is C4H17N9+2. The first-order chi connectivity index (χ1) is 5.92. The molecule has 0 aliphatic carbocycles. The second kappa shape index (κ2) is 2.57. The van der Waals surface area contributed by atoms with E-state index in [1.54, 1.807) is 10.0 Å². The average Bonchev–Trinajstić information content (AvgIpc) is 2.81. The van der Waals surface area contributed by atoms with Crippen molar-refractivity contribution in [3.05, 3.63) is 0 Å². The van der Waals surface area contributed by atoms with Crippen molar-refractivity contribution >= 4 is 0 Å². The molecule has 2 rings (SSSR count). The van der Waals surface area contributed by atoms with Gasteiger partial charge in [0.25, 0.3) is 0 Å². The highest BCUT2D eigenvalue weighted by molar-refractivity contribution is 4.60. The second-order valence-corrected chi connectivity index (χ2v) is 3.48.